The Labute approximate surface area is 136 Å². The lowest BCUT2D eigenvalue weighted by atomic mass is 9.91. The van der Waals surface area contributed by atoms with Crippen molar-refractivity contribution in [3.63, 3.8) is 0 Å². The predicted molar refractivity (Wildman–Crippen MR) is 92.9 cm³/mol. The second kappa shape index (κ2) is 11.5. The second-order valence-corrected chi connectivity index (χ2v) is 5.49. The molecule has 1 N–H and O–H groups in total. The van der Waals surface area contributed by atoms with Crippen LogP contribution in [0.2, 0.25) is 0 Å². The van der Waals surface area contributed by atoms with Crippen LogP contribution in [0.4, 0.5) is 0 Å². The molecule has 0 aromatic heterocycles. The highest BCUT2D eigenvalue weighted by molar-refractivity contribution is 14.1. The molecule has 0 unspecified atom stereocenters. The van der Waals surface area contributed by atoms with Crippen LogP contribution in [0.5, 0.6) is 0 Å². The zero-order valence-corrected chi connectivity index (χ0v) is 15.1. The van der Waals surface area contributed by atoms with Crippen molar-refractivity contribution in [2.45, 2.75) is 45.8 Å². The van der Waals surface area contributed by atoms with Gasteiger partial charge in [-0.3, -0.25) is 0 Å². The van der Waals surface area contributed by atoms with Gasteiger partial charge in [0.2, 0.25) is 0 Å². The average Bonchev–Trinajstić information content (AvgIpc) is 2.45. The fourth-order valence-electron chi connectivity index (χ4n) is 2.01. The fourth-order valence-corrected chi connectivity index (χ4v) is 2.36. The van der Waals surface area contributed by atoms with Crippen molar-refractivity contribution < 1.29 is 14.6 Å². The highest BCUT2D eigenvalue weighted by atomic mass is 127. The Kier molecular flexibility index (Phi) is 11.4. The Morgan fingerprint density at radius 2 is 2.00 bits per heavy atom. The number of ether oxygens (including phenoxy) is 2. The maximum Gasteiger partial charge on any atom is 0.147 e. The fraction of sp³-hybridized carbons (Fsp3) is 0.625. The van der Waals surface area contributed by atoms with E-state index >= 15 is 0 Å². The third-order valence-electron chi connectivity index (χ3n) is 3.24. The summed E-state index contributed by atoms with van der Waals surface area (Å²) in [5.74, 6) is 0.218. The Hall–Kier alpha value is -0.170. The normalized spacial score (nSPS) is 17.7. The van der Waals surface area contributed by atoms with E-state index in [0.29, 0.717) is 6.42 Å². The number of aliphatic hydroxyl groups excluding tert-OH is 1. The highest BCUT2D eigenvalue weighted by Gasteiger charge is 2.21. The lowest BCUT2D eigenvalue weighted by Gasteiger charge is -2.26. The Morgan fingerprint density at radius 1 is 1.35 bits per heavy atom. The molecule has 0 spiro atoms. The molecule has 0 aliphatic rings. The van der Waals surface area contributed by atoms with Crippen molar-refractivity contribution in [2.75, 3.05) is 13.9 Å². The summed E-state index contributed by atoms with van der Waals surface area (Å²) in [6.45, 7) is 10.1. The van der Waals surface area contributed by atoms with Crippen LogP contribution in [0.15, 0.2) is 34.0 Å². The van der Waals surface area contributed by atoms with Gasteiger partial charge in [-0.05, 0) is 41.9 Å². The van der Waals surface area contributed by atoms with Crippen LogP contribution in [0.1, 0.15) is 33.6 Å². The Bertz CT molecular complexity index is 337. The van der Waals surface area contributed by atoms with E-state index in [-0.39, 0.29) is 18.8 Å². The molecule has 0 saturated heterocycles. The predicted octanol–water partition coefficient (Wildman–Crippen LogP) is 4.22. The summed E-state index contributed by atoms with van der Waals surface area (Å²) in [4.78, 5) is 0. The van der Waals surface area contributed by atoms with Crippen LogP contribution in [-0.2, 0) is 9.47 Å². The van der Waals surface area contributed by atoms with E-state index in [0.717, 1.165) is 17.6 Å². The molecule has 0 aromatic carbocycles. The van der Waals surface area contributed by atoms with Crippen LogP contribution in [0, 0.1) is 5.92 Å². The molecule has 20 heavy (non-hydrogen) atoms. The van der Waals surface area contributed by atoms with E-state index in [1.54, 1.807) is 13.2 Å². The highest BCUT2D eigenvalue weighted by Crippen LogP contribution is 2.24. The molecule has 0 aliphatic carbocycles. The van der Waals surface area contributed by atoms with Crippen LogP contribution in [0.3, 0.4) is 0 Å². The van der Waals surface area contributed by atoms with E-state index in [4.69, 9.17) is 9.47 Å². The molecule has 0 rings (SSSR count). The summed E-state index contributed by atoms with van der Waals surface area (Å²) in [7, 11) is 1.62. The molecular formula is C16H27IO3. The smallest absolute Gasteiger partial charge is 0.147 e. The molecule has 0 heterocycles. The van der Waals surface area contributed by atoms with Crippen LogP contribution >= 0.6 is 22.6 Å². The number of hydrogen-bond donors (Lipinski definition) is 1. The van der Waals surface area contributed by atoms with E-state index in [2.05, 4.69) is 49.1 Å². The standard InChI is InChI=1S/C16H27IO3/c1-6-8-15(18)12(3)9-14(7-2)16(13(4)10-17)20-11-19-5/h6,9-10,14-16,18H,1,7-8,11H2,2-5H3/b12-9+,13-10+/t14-,15-,16-/m0/s1. The molecule has 0 aromatic rings. The first-order chi connectivity index (χ1) is 9.51. The van der Waals surface area contributed by atoms with Gasteiger partial charge < -0.3 is 14.6 Å². The molecular weight excluding hydrogens is 367 g/mol. The van der Waals surface area contributed by atoms with Crippen LogP contribution in [-0.4, -0.2) is 31.2 Å². The van der Waals surface area contributed by atoms with Gasteiger partial charge in [0, 0.05) is 13.0 Å². The van der Waals surface area contributed by atoms with Crippen molar-refractivity contribution in [3.8, 4) is 0 Å². The Morgan fingerprint density at radius 3 is 2.45 bits per heavy atom. The van der Waals surface area contributed by atoms with Gasteiger partial charge in [-0.2, -0.15) is 0 Å². The first-order valence-electron chi connectivity index (χ1n) is 6.86. The third kappa shape index (κ3) is 7.02. The molecule has 0 saturated carbocycles. The molecule has 0 fully saturated rings. The summed E-state index contributed by atoms with van der Waals surface area (Å²) in [5, 5.41) is 9.99. The van der Waals surface area contributed by atoms with Gasteiger partial charge in [0.15, 0.2) is 0 Å². The van der Waals surface area contributed by atoms with E-state index in [9.17, 15) is 5.11 Å². The number of methoxy groups -OCH3 is 1. The minimum Gasteiger partial charge on any atom is -0.388 e. The zero-order valence-electron chi connectivity index (χ0n) is 12.9. The first-order valence-corrected chi connectivity index (χ1v) is 8.10. The lowest BCUT2D eigenvalue weighted by Crippen LogP contribution is -2.25. The average molecular weight is 394 g/mol. The molecule has 0 aliphatic heterocycles. The van der Waals surface area contributed by atoms with E-state index in [1.165, 1.54) is 0 Å². The van der Waals surface area contributed by atoms with Crippen molar-refractivity contribution in [2.24, 2.45) is 5.92 Å². The van der Waals surface area contributed by atoms with Crippen molar-refractivity contribution in [3.05, 3.63) is 34.0 Å². The topological polar surface area (TPSA) is 38.7 Å². The summed E-state index contributed by atoms with van der Waals surface area (Å²) >= 11 is 2.22. The maximum absolute atomic E-state index is 9.99. The SMILES string of the molecule is C=CC[C@H](O)/C(C)=C/[C@H](CC)[C@@H](OCOC)/C(C)=C/I. The van der Waals surface area contributed by atoms with Crippen molar-refractivity contribution in [1.29, 1.82) is 0 Å². The van der Waals surface area contributed by atoms with Gasteiger partial charge in [0.25, 0.3) is 0 Å². The number of aliphatic hydroxyl groups is 1. The van der Waals surface area contributed by atoms with E-state index < -0.39 is 6.10 Å². The molecule has 0 amide bonds. The van der Waals surface area contributed by atoms with Crippen LogP contribution < -0.4 is 0 Å². The number of hydrogen-bond acceptors (Lipinski definition) is 3. The monoisotopic (exact) mass is 394 g/mol. The maximum atomic E-state index is 9.99. The minimum absolute atomic E-state index is 0.0252. The number of rotatable bonds is 10. The Balaban J connectivity index is 5.06. The largest absolute Gasteiger partial charge is 0.388 e. The molecule has 0 radical (unpaired) electrons. The van der Waals surface area contributed by atoms with Crippen molar-refractivity contribution in [1.82, 2.24) is 0 Å². The third-order valence-corrected chi connectivity index (χ3v) is 4.22. The lowest BCUT2D eigenvalue weighted by molar-refractivity contribution is -0.0715. The summed E-state index contributed by atoms with van der Waals surface area (Å²) in [6.07, 6.45) is 4.87. The van der Waals surface area contributed by atoms with E-state index in [1.807, 2.05) is 11.0 Å². The molecule has 116 valence electrons. The summed E-state index contributed by atoms with van der Waals surface area (Å²) in [5.41, 5.74) is 2.13. The second-order valence-electron chi connectivity index (χ2n) is 4.87. The zero-order chi connectivity index (χ0) is 15.5. The first kappa shape index (κ1) is 19.8. The van der Waals surface area contributed by atoms with Crippen LogP contribution in [0.25, 0.3) is 0 Å². The van der Waals surface area contributed by atoms with Gasteiger partial charge in [-0.15, -0.1) is 6.58 Å². The van der Waals surface area contributed by atoms with Gasteiger partial charge >= 0.3 is 0 Å². The molecule has 0 bridgehead atoms. The summed E-state index contributed by atoms with van der Waals surface area (Å²) in [6, 6.07) is 0. The van der Waals surface area contributed by atoms with Crippen molar-refractivity contribution >= 4 is 22.6 Å². The molecule has 3 nitrogen and oxygen atoms in total. The van der Waals surface area contributed by atoms with Gasteiger partial charge in [0.1, 0.15) is 6.79 Å². The minimum atomic E-state index is -0.464. The quantitative estimate of drug-likeness (QED) is 0.343. The van der Waals surface area contributed by atoms with Gasteiger partial charge in [-0.1, -0.05) is 41.7 Å². The molecule has 3 atom stereocenters. The molecule has 4 heteroatoms. The van der Waals surface area contributed by atoms with Gasteiger partial charge in [-0.25, -0.2) is 0 Å². The van der Waals surface area contributed by atoms with Gasteiger partial charge in [0.05, 0.1) is 12.2 Å². The summed E-state index contributed by atoms with van der Waals surface area (Å²) < 4.78 is 12.8. The number of halogens is 1.